The molecular formula is C24H24O4. The monoisotopic (exact) mass is 376 g/mol. The number of hydrogen-bond donors (Lipinski definition) is 1. The van der Waals surface area contributed by atoms with Gasteiger partial charge in [-0.3, -0.25) is 4.79 Å². The van der Waals surface area contributed by atoms with Gasteiger partial charge in [0.2, 0.25) is 0 Å². The number of ether oxygens (including phenoxy) is 1. The number of hydrogen-bond acceptors (Lipinski definition) is 4. The quantitative estimate of drug-likeness (QED) is 0.693. The van der Waals surface area contributed by atoms with Gasteiger partial charge in [0.25, 0.3) is 0 Å². The maximum atomic E-state index is 13.4. The van der Waals surface area contributed by atoms with Crippen molar-refractivity contribution in [2.45, 2.75) is 33.3 Å². The summed E-state index contributed by atoms with van der Waals surface area (Å²) in [5.74, 6) is 0.319. The molecule has 0 aliphatic heterocycles. The summed E-state index contributed by atoms with van der Waals surface area (Å²) in [6.45, 7) is 6.05. The number of para-hydroxylation sites is 1. The van der Waals surface area contributed by atoms with E-state index in [1.165, 1.54) is 0 Å². The fourth-order valence-electron chi connectivity index (χ4n) is 4.34. The minimum absolute atomic E-state index is 0.0974. The van der Waals surface area contributed by atoms with Crippen LogP contribution in [0.3, 0.4) is 0 Å². The molecule has 0 radical (unpaired) electrons. The first-order valence-electron chi connectivity index (χ1n) is 9.46. The molecule has 4 nitrogen and oxygen atoms in total. The van der Waals surface area contributed by atoms with Gasteiger partial charge in [0.15, 0.2) is 5.78 Å². The minimum atomic E-state index is -1.02. The van der Waals surface area contributed by atoms with Crippen LogP contribution in [-0.2, 0) is 9.53 Å². The van der Waals surface area contributed by atoms with E-state index in [1.54, 1.807) is 13.2 Å². The number of methoxy groups -OCH3 is 1. The molecule has 2 unspecified atom stereocenters. The van der Waals surface area contributed by atoms with Crippen molar-refractivity contribution >= 4 is 22.3 Å². The number of carbonyl (C=O) groups is 1. The molecule has 3 aromatic rings. The second-order valence-corrected chi connectivity index (χ2v) is 7.58. The number of aliphatic hydroxyl groups is 1. The highest BCUT2D eigenvalue weighted by atomic mass is 16.5. The Bertz CT molecular complexity index is 1050. The van der Waals surface area contributed by atoms with Gasteiger partial charge in [-0.25, -0.2) is 0 Å². The third-order valence-electron chi connectivity index (χ3n) is 5.56. The van der Waals surface area contributed by atoms with Gasteiger partial charge < -0.3 is 14.3 Å². The Balaban J connectivity index is 1.72. The van der Waals surface area contributed by atoms with Crippen molar-refractivity contribution in [3.63, 3.8) is 0 Å². The first-order chi connectivity index (χ1) is 13.4. The molecule has 28 heavy (non-hydrogen) atoms. The second kappa shape index (κ2) is 6.95. The van der Waals surface area contributed by atoms with Crippen LogP contribution in [0.25, 0.3) is 16.5 Å². The number of benzene rings is 2. The van der Waals surface area contributed by atoms with Crippen molar-refractivity contribution in [2.75, 3.05) is 7.11 Å². The number of aryl methyl sites for hydroxylation is 3. The summed E-state index contributed by atoms with van der Waals surface area (Å²) < 4.78 is 11.4. The Morgan fingerprint density at radius 2 is 1.79 bits per heavy atom. The minimum Gasteiger partial charge on any atom is -0.500 e. The first-order valence-corrected chi connectivity index (χ1v) is 9.46. The van der Waals surface area contributed by atoms with Gasteiger partial charge in [0, 0.05) is 11.8 Å². The molecule has 1 aliphatic rings. The third kappa shape index (κ3) is 2.94. The molecule has 0 saturated carbocycles. The largest absolute Gasteiger partial charge is 0.500 e. The molecule has 2 aromatic carbocycles. The van der Waals surface area contributed by atoms with Crippen LogP contribution < -0.4 is 0 Å². The normalized spacial score (nSPS) is 18.2. The number of allylic oxidation sites excluding steroid dienone is 2. The van der Waals surface area contributed by atoms with Crippen LogP contribution in [0.1, 0.15) is 40.5 Å². The van der Waals surface area contributed by atoms with Crippen molar-refractivity contribution in [3.8, 4) is 0 Å². The smallest absolute Gasteiger partial charge is 0.173 e. The standard InChI is InChI=1S/C24H24O4/c1-13-9-14(2)21(15(3)10-13)22-19(27-4)12-17(24(22)26)23(25)20-11-16-7-5-6-8-18(16)28-20/h5-11,17,23,25H,12H2,1-4H3. The molecule has 0 saturated heterocycles. The zero-order chi connectivity index (χ0) is 20.0. The van der Waals surface area contributed by atoms with Crippen LogP contribution in [0.15, 0.2) is 52.6 Å². The van der Waals surface area contributed by atoms with Crippen LogP contribution in [-0.4, -0.2) is 18.0 Å². The highest BCUT2D eigenvalue weighted by molar-refractivity contribution is 6.25. The lowest BCUT2D eigenvalue weighted by Gasteiger charge is -2.16. The molecule has 144 valence electrons. The van der Waals surface area contributed by atoms with Crippen LogP contribution in [0, 0.1) is 26.7 Å². The van der Waals surface area contributed by atoms with Crippen LogP contribution in [0.5, 0.6) is 0 Å². The van der Waals surface area contributed by atoms with Crippen molar-refractivity contribution in [1.82, 2.24) is 0 Å². The van der Waals surface area contributed by atoms with E-state index in [9.17, 15) is 9.90 Å². The maximum absolute atomic E-state index is 13.4. The Labute approximate surface area is 164 Å². The van der Waals surface area contributed by atoms with Gasteiger partial charge in [-0.2, -0.15) is 0 Å². The summed E-state index contributed by atoms with van der Waals surface area (Å²) >= 11 is 0. The summed E-state index contributed by atoms with van der Waals surface area (Å²) in [5.41, 5.74) is 5.42. The van der Waals surface area contributed by atoms with Gasteiger partial charge in [0.05, 0.1) is 18.6 Å². The van der Waals surface area contributed by atoms with Gasteiger partial charge >= 0.3 is 0 Å². The Hall–Kier alpha value is -2.85. The van der Waals surface area contributed by atoms with Gasteiger partial charge in [0.1, 0.15) is 23.2 Å². The number of fused-ring (bicyclic) bond motifs is 1. The van der Waals surface area contributed by atoms with Crippen molar-refractivity contribution in [1.29, 1.82) is 0 Å². The lowest BCUT2D eigenvalue weighted by molar-refractivity contribution is -0.120. The summed E-state index contributed by atoms with van der Waals surface area (Å²) in [6, 6.07) is 13.5. The number of carbonyl (C=O) groups excluding carboxylic acids is 1. The zero-order valence-electron chi connectivity index (χ0n) is 16.6. The van der Waals surface area contributed by atoms with E-state index in [1.807, 2.05) is 45.0 Å². The predicted molar refractivity (Wildman–Crippen MR) is 109 cm³/mol. The van der Waals surface area contributed by atoms with E-state index in [0.29, 0.717) is 29.1 Å². The number of aliphatic hydroxyl groups excluding tert-OH is 1. The average molecular weight is 376 g/mol. The average Bonchev–Trinajstić information content (AvgIpc) is 3.22. The summed E-state index contributed by atoms with van der Waals surface area (Å²) in [5, 5.41) is 11.9. The number of furan rings is 1. The van der Waals surface area contributed by atoms with Gasteiger partial charge in [-0.15, -0.1) is 0 Å². The fourth-order valence-corrected chi connectivity index (χ4v) is 4.34. The van der Waals surface area contributed by atoms with E-state index in [-0.39, 0.29) is 5.78 Å². The molecule has 1 aromatic heterocycles. The van der Waals surface area contributed by atoms with Crippen LogP contribution in [0.2, 0.25) is 0 Å². The molecule has 4 heteroatoms. The van der Waals surface area contributed by atoms with Crippen LogP contribution >= 0.6 is 0 Å². The molecule has 1 heterocycles. The lowest BCUT2D eigenvalue weighted by atomic mass is 9.89. The predicted octanol–water partition coefficient (Wildman–Crippen LogP) is 5.04. The zero-order valence-corrected chi connectivity index (χ0v) is 16.6. The molecule has 0 spiro atoms. The van der Waals surface area contributed by atoms with Crippen molar-refractivity contribution in [2.24, 2.45) is 5.92 Å². The van der Waals surface area contributed by atoms with E-state index in [0.717, 1.165) is 27.6 Å². The van der Waals surface area contributed by atoms with Crippen molar-refractivity contribution in [3.05, 3.63) is 76.2 Å². The highest BCUT2D eigenvalue weighted by Crippen LogP contribution is 2.43. The van der Waals surface area contributed by atoms with Gasteiger partial charge in [-0.05, 0) is 49.6 Å². The number of rotatable bonds is 4. The molecule has 1 N–H and O–H groups in total. The number of ketones is 1. The van der Waals surface area contributed by atoms with Gasteiger partial charge in [-0.1, -0.05) is 35.9 Å². The third-order valence-corrected chi connectivity index (χ3v) is 5.56. The van der Waals surface area contributed by atoms with Crippen LogP contribution in [0.4, 0.5) is 0 Å². The Morgan fingerprint density at radius 3 is 2.43 bits per heavy atom. The molecule has 0 amide bonds. The Morgan fingerprint density at radius 1 is 1.11 bits per heavy atom. The van der Waals surface area contributed by atoms with E-state index in [2.05, 4.69) is 12.1 Å². The topological polar surface area (TPSA) is 59.7 Å². The lowest BCUT2D eigenvalue weighted by Crippen LogP contribution is -2.19. The molecule has 0 fully saturated rings. The highest BCUT2D eigenvalue weighted by Gasteiger charge is 2.41. The summed E-state index contributed by atoms with van der Waals surface area (Å²) in [7, 11) is 1.58. The van der Waals surface area contributed by atoms with E-state index in [4.69, 9.17) is 9.15 Å². The molecule has 0 bridgehead atoms. The summed E-state index contributed by atoms with van der Waals surface area (Å²) in [4.78, 5) is 13.4. The molecular weight excluding hydrogens is 352 g/mol. The first kappa shape index (κ1) is 18.5. The fraction of sp³-hybridized carbons (Fsp3) is 0.292. The maximum Gasteiger partial charge on any atom is 0.173 e. The summed E-state index contributed by atoms with van der Waals surface area (Å²) in [6.07, 6.45) is -0.663. The second-order valence-electron chi connectivity index (χ2n) is 7.58. The molecule has 2 atom stereocenters. The SMILES string of the molecule is COC1=C(c2c(C)cc(C)cc2C)C(=O)C(C(O)c2cc3ccccc3o2)C1. The molecule has 4 rings (SSSR count). The van der Waals surface area contributed by atoms with E-state index < -0.39 is 12.0 Å². The van der Waals surface area contributed by atoms with E-state index >= 15 is 0 Å². The number of Topliss-reactive ketones (excluding diaryl/α,β-unsaturated/α-hetero) is 1. The van der Waals surface area contributed by atoms with Crippen molar-refractivity contribution < 1.29 is 19.1 Å². The Kier molecular flexibility index (Phi) is 4.60. The molecule has 1 aliphatic carbocycles.